The number of carbonyl (C=O) groups is 1. The molecule has 0 saturated carbocycles. The van der Waals surface area contributed by atoms with Gasteiger partial charge in [-0.15, -0.1) is 21.5 Å². The summed E-state index contributed by atoms with van der Waals surface area (Å²) in [5, 5.41) is 13.6. The normalized spacial score (nSPS) is 11.2. The van der Waals surface area contributed by atoms with E-state index in [1.807, 2.05) is 28.8 Å². The number of hydrogen-bond donors (Lipinski definition) is 2. The van der Waals surface area contributed by atoms with Crippen LogP contribution in [0.25, 0.3) is 20.9 Å². The van der Waals surface area contributed by atoms with Gasteiger partial charge in [-0.2, -0.15) is 0 Å². The van der Waals surface area contributed by atoms with Crippen molar-refractivity contribution in [3.63, 3.8) is 0 Å². The summed E-state index contributed by atoms with van der Waals surface area (Å²) in [5.74, 6) is 1.30. The molecule has 0 aliphatic heterocycles. The lowest BCUT2D eigenvalue weighted by Gasteiger charge is -2.09. The Morgan fingerprint density at radius 3 is 2.91 bits per heavy atom. The van der Waals surface area contributed by atoms with Crippen LogP contribution in [0.5, 0.6) is 0 Å². The van der Waals surface area contributed by atoms with E-state index >= 15 is 0 Å². The average molecular weight is 497 g/mol. The van der Waals surface area contributed by atoms with Gasteiger partial charge < -0.3 is 15.5 Å². The summed E-state index contributed by atoms with van der Waals surface area (Å²) in [4.78, 5) is 18.5. The Balaban J connectivity index is 1.43. The molecule has 3 N–H and O–H groups in total. The number of fused-ring (bicyclic) bond motifs is 1. The fourth-order valence-corrected chi connectivity index (χ4v) is 5.26. The minimum absolute atomic E-state index is 0.145. The molecule has 4 heterocycles. The number of aromatic nitrogens is 4. The molecular weight excluding hydrogens is 480 g/mol. The number of halogens is 1. The van der Waals surface area contributed by atoms with Gasteiger partial charge in [0.1, 0.15) is 10.6 Å². The van der Waals surface area contributed by atoms with E-state index in [4.69, 9.17) is 21.8 Å². The van der Waals surface area contributed by atoms with E-state index in [2.05, 4.69) is 20.5 Å². The highest BCUT2D eigenvalue weighted by Crippen LogP contribution is 2.40. The Bertz CT molecular complexity index is 1430. The second kappa shape index (κ2) is 9.26. The molecule has 0 spiro atoms. The van der Waals surface area contributed by atoms with Crippen LogP contribution in [0, 0.1) is 0 Å². The summed E-state index contributed by atoms with van der Waals surface area (Å²) in [6.07, 6.45) is 3.35. The van der Waals surface area contributed by atoms with E-state index in [0.29, 0.717) is 33.9 Å². The molecule has 8 nitrogen and oxygen atoms in total. The topological polar surface area (TPSA) is 112 Å². The van der Waals surface area contributed by atoms with Crippen LogP contribution in [0.3, 0.4) is 0 Å². The zero-order chi connectivity index (χ0) is 22.8. The number of nitrogens with one attached hydrogen (secondary N) is 1. The van der Waals surface area contributed by atoms with Crippen molar-refractivity contribution in [2.24, 2.45) is 0 Å². The number of nitrogens with two attached hydrogens (primary N) is 1. The van der Waals surface area contributed by atoms with Crippen LogP contribution in [-0.4, -0.2) is 31.4 Å². The standard InChI is InChI=1S/C22H17ClN6O2S2/c23-13-4-1-5-14(10-13)26-17(30)12-32-22-28-27-20(29(22)11-15-6-3-9-31-15)19-18(24)16-7-2-8-25-21(16)33-19/h1-10H,11-12,24H2,(H,26,30). The van der Waals surface area contributed by atoms with Crippen molar-refractivity contribution in [1.29, 1.82) is 0 Å². The third kappa shape index (κ3) is 4.58. The third-order valence-corrected chi connectivity index (χ3v) is 7.09. The average Bonchev–Trinajstić information content (AvgIpc) is 3.53. The number of nitrogens with zero attached hydrogens (tertiary/aromatic N) is 4. The molecule has 1 amide bonds. The maximum absolute atomic E-state index is 12.5. The number of rotatable bonds is 7. The second-order valence-electron chi connectivity index (χ2n) is 7.02. The monoisotopic (exact) mass is 496 g/mol. The van der Waals surface area contributed by atoms with Gasteiger partial charge in [0.25, 0.3) is 0 Å². The van der Waals surface area contributed by atoms with Crippen molar-refractivity contribution in [2.75, 3.05) is 16.8 Å². The predicted molar refractivity (Wildman–Crippen MR) is 132 cm³/mol. The highest BCUT2D eigenvalue weighted by Gasteiger charge is 2.22. The first-order valence-electron chi connectivity index (χ1n) is 9.85. The number of thiophene rings is 1. The van der Waals surface area contributed by atoms with E-state index < -0.39 is 0 Å². The molecule has 11 heteroatoms. The van der Waals surface area contributed by atoms with Crippen molar-refractivity contribution in [3.05, 3.63) is 71.8 Å². The van der Waals surface area contributed by atoms with Gasteiger partial charge in [-0.3, -0.25) is 9.36 Å². The predicted octanol–water partition coefficient (Wildman–Crippen LogP) is 5.16. The fraction of sp³-hybridized carbons (Fsp3) is 0.0909. The van der Waals surface area contributed by atoms with Crippen molar-refractivity contribution in [2.45, 2.75) is 11.7 Å². The first-order chi connectivity index (χ1) is 16.1. The van der Waals surface area contributed by atoms with Gasteiger partial charge in [-0.1, -0.05) is 29.4 Å². The molecule has 4 aromatic heterocycles. The van der Waals surface area contributed by atoms with Crippen LogP contribution in [0.15, 0.2) is 70.6 Å². The van der Waals surface area contributed by atoms with Crippen LogP contribution < -0.4 is 11.1 Å². The Hall–Kier alpha value is -3.34. The van der Waals surface area contributed by atoms with E-state index in [1.165, 1.54) is 23.1 Å². The maximum atomic E-state index is 12.5. The Morgan fingerprint density at radius 1 is 1.21 bits per heavy atom. The van der Waals surface area contributed by atoms with E-state index in [-0.39, 0.29) is 11.7 Å². The molecule has 33 heavy (non-hydrogen) atoms. The van der Waals surface area contributed by atoms with Crippen molar-refractivity contribution < 1.29 is 9.21 Å². The van der Waals surface area contributed by atoms with Gasteiger partial charge in [0.2, 0.25) is 5.91 Å². The summed E-state index contributed by atoms with van der Waals surface area (Å²) >= 11 is 8.73. The number of benzene rings is 1. The summed E-state index contributed by atoms with van der Waals surface area (Å²) in [5.41, 5.74) is 7.67. The molecule has 0 unspecified atom stereocenters. The number of hydrogen-bond acceptors (Lipinski definition) is 8. The Labute approximate surface area is 201 Å². The van der Waals surface area contributed by atoms with Crippen molar-refractivity contribution in [3.8, 4) is 10.7 Å². The summed E-state index contributed by atoms with van der Waals surface area (Å²) in [6.45, 7) is 0.398. The molecule has 0 aliphatic rings. The molecule has 0 saturated heterocycles. The maximum Gasteiger partial charge on any atom is 0.234 e. The lowest BCUT2D eigenvalue weighted by molar-refractivity contribution is -0.113. The minimum Gasteiger partial charge on any atom is -0.467 e. The van der Waals surface area contributed by atoms with Gasteiger partial charge in [0.15, 0.2) is 11.0 Å². The fourth-order valence-electron chi connectivity index (χ4n) is 3.27. The molecule has 0 fully saturated rings. The Morgan fingerprint density at radius 2 is 2.12 bits per heavy atom. The largest absolute Gasteiger partial charge is 0.467 e. The molecule has 0 radical (unpaired) electrons. The van der Waals surface area contributed by atoms with Crippen molar-refractivity contribution in [1.82, 2.24) is 19.7 Å². The quantitative estimate of drug-likeness (QED) is 0.299. The number of carbonyl (C=O) groups excluding carboxylic acids is 1. The zero-order valence-electron chi connectivity index (χ0n) is 17.1. The number of amides is 1. The van der Waals surface area contributed by atoms with Gasteiger partial charge in [-0.05, 0) is 42.5 Å². The Kier molecular flexibility index (Phi) is 6.03. The first kappa shape index (κ1) is 21.5. The summed E-state index contributed by atoms with van der Waals surface area (Å²) in [6, 6.07) is 14.5. The highest BCUT2D eigenvalue weighted by atomic mass is 35.5. The number of furan rings is 1. The SMILES string of the molecule is Nc1c(-c2nnc(SCC(=O)Nc3cccc(Cl)c3)n2Cc2ccco2)sc2ncccc12. The first-order valence-corrected chi connectivity index (χ1v) is 12.0. The van der Waals surface area contributed by atoms with Crippen LogP contribution in [0.4, 0.5) is 11.4 Å². The molecule has 5 rings (SSSR count). The van der Waals surface area contributed by atoms with Gasteiger partial charge >= 0.3 is 0 Å². The molecule has 0 atom stereocenters. The van der Waals surface area contributed by atoms with E-state index in [0.717, 1.165) is 20.9 Å². The number of nitrogen functional groups attached to an aromatic ring is 1. The van der Waals surface area contributed by atoms with Crippen LogP contribution in [0.2, 0.25) is 5.02 Å². The van der Waals surface area contributed by atoms with Gasteiger partial charge in [0, 0.05) is 22.3 Å². The number of thioether (sulfide) groups is 1. The minimum atomic E-state index is -0.179. The van der Waals surface area contributed by atoms with Gasteiger partial charge in [-0.25, -0.2) is 4.98 Å². The molecule has 0 aliphatic carbocycles. The number of anilines is 2. The van der Waals surface area contributed by atoms with Crippen molar-refractivity contribution >= 4 is 62.2 Å². The summed E-state index contributed by atoms with van der Waals surface area (Å²) in [7, 11) is 0. The van der Waals surface area contributed by atoms with Crippen LogP contribution in [-0.2, 0) is 11.3 Å². The van der Waals surface area contributed by atoms with E-state index in [9.17, 15) is 4.79 Å². The molecule has 1 aromatic carbocycles. The molecule has 5 aromatic rings. The smallest absolute Gasteiger partial charge is 0.234 e. The lowest BCUT2D eigenvalue weighted by Crippen LogP contribution is -2.14. The van der Waals surface area contributed by atoms with E-state index in [1.54, 1.807) is 36.7 Å². The molecular formula is C22H17ClN6O2S2. The zero-order valence-corrected chi connectivity index (χ0v) is 19.5. The molecule has 0 bridgehead atoms. The lowest BCUT2D eigenvalue weighted by atomic mass is 10.2. The highest BCUT2D eigenvalue weighted by molar-refractivity contribution is 7.99. The second-order valence-corrected chi connectivity index (χ2v) is 9.40. The molecule has 166 valence electrons. The third-order valence-electron chi connectivity index (χ3n) is 4.76. The van der Waals surface area contributed by atoms with Gasteiger partial charge in [0.05, 0.1) is 29.1 Å². The summed E-state index contributed by atoms with van der Waals surface area (Å²) < 4.78 is 7.44. The van der Waals surface area contributed by atoms with Crippen LogP contribution in [0.1, 0.15) is 5.76 Å². The number of pyridine rings is 1. The van der Waals surface area contributed by atoms with Crippen LogP contribution >= 0.6 is 34.7 Å².